The van der Waals surface area contributed by atoms with Crippen molar-refractivity contribution >= 4 is 61.8 Å². The third-order valence-electron chi connectivity index (χ3n) is 9.16. The molecule has 0 radical (unpaired) electrons. The van der Waals surface area contributed by atoms with Gasteiger partial charge in [0.25, 0.3) is 0 Å². The molecule has 1 saturated carbocycles. The fourth-order valence-electron chi connectivity index (χ4n) is 6.39. The van der Waals surface area contributed by atoms with E-state index in [1.165, 1.54) is 66.5 Å². The predicted octanol–water partition coefficient (Wildman–Crippen LogP) is 7.82. The first-order valence-electron chi connectivity index (χ1n) is 18.4. The lowest BCUT2D eigenvalue weighted by atomic mass is 9.98. The van der Waals surface area contributed by atoms with Crippen molar-refractivity contribution in [2.75, 3.05) is 22.6 Å². The van der Waals surface area contributed by atoms with Crippen LogP contribution in [0.25, 0.3) is 10.8 Å². The van der Waals surface area contributed by atoms with Gasteiger partial charge in [-0.1, -0.05) is 12.1 Å². The van der Waals surface area contributed by atoms with Crippen LogP contribution < -0.4 is 15.5 Å². The molecule has 0 spiro atoms. The third-order valence-corrected chi connectivity index (χ3v) is 11.5. The van der Waals surface area contributed by atoms with Crippen LogP contribution in [0.1, 0.15) is 83.5 Å². The summed E-state index contributed by atoms with van der Waals surface area (Å²) in [5.41, 5.74) is -0.683. The van der Waals surface area contributed by atoms with Crippen LogP contribution in [0.5, 0.6) is 0 Å². The van der Waals surface area contributed by atoms with Gasteiger partial charge in [-0.25, -0.2) is 31.8 Å². The summed E-state index contributed by atoms with van der Waals surface area (Å²) in [5.74, 6) is -2.61. The van der Waals surface area contributed by atoms with E-state index in [0.29, 0.717) is 34.6 Å². The Bertz CT molecular complexity index is 2360. The highest BCUT2D eigenvalue weighted by Crippen LogP contribution is 2.37. The first-order valence-corrected chi connectivity index (χ1v) is 20.0. The van der Waals surface area contributed by atoms with Crippen LogP contribution in [0.4, 0.5) is 35.6 Å². The molecule has 2 aliphatic rings. The number of amides is 4. The largest absolute Gasteiger partial charge is 0.443 e. The van der Waals surface area contributed by atoms with E-state index in [9.17, 15) is 27.6 Å². The summed E-state index contributed by atoms with van der Waals surface area (Å²) in [5, 5.41) is 5.32. The number of nitrogens with one attached hydrogen (secondary N) is 2. The van der Waals surface area contributed by atoms with Crippen molar-refractivity contribution in [2.24, 2.45) is 0 Å². The van der Waals surface area contributed by atoms with Gasteiger partial charge in [0.05, 0.1) is 16.3 Å². The quantitative estimate of drug-likeness (QED) is 0.203. The summed E-state index contributed by atoms with van der Waals surface area (Å²) < 4.78 is 68.7. The number of anilines is 3. The molecule has 1 aliphatic heterocycles. The maximum atomic E-state index is 15.7. The van der Waals surface area contributed by atoms with Crippen molar-refractivity contribution in [2.45, 2.75) is 101 Å². The van der Waals surface area contributed by atoms with Gasteiger partial charge in [-0.15, -0.1) is 0 Å². The van der Waals surface area contributed by atoms with E-state index in [-0.39, 0.29) is 52.1 Å². The monoisotopic (exact) mass is 805 g/mol. The maximum Gasteiger partial charge on any atom is 0.425 e. The van der Waals surface area contributed by atoms with Crippen molar-refractivity contribution in [1.29, 1.82) is 0 Å². The van der Waals surface area contributed by atoms with E-state index < -0.39 is 68.0 Å². The second-order valence-corrected chi connectivity index (χ2v) is 18.4. The lowest BCUT2D eigenvalue weighted by Gasteiger charge is -2.29. The summed E-state index contributed by atoms with van der Waals surface area (Å²) in [7, 11) is -2.22. The molecule has 16 heteroatoms. The summed E-state index contributed by atoms with van der Waals surface area (Å²) in [6.45, 7) is 9.52. The fourth-order valence-corrected chi connectivity index (χ4v) is 8.25. The first kappa shape index (κ1) is 41.0. The number of pyridine rings is 1. The van der Waals surface area contributed by atoms with E-state index in [0.717, 1.165) is 6.20 Å². The van der Waals surface area contributed by atoms with Gasteiger partial charge in [-0.2, -0.15) is 4.90 Å². The number of aryl methyl sites for hydroxylation is 1. The van der Waals surface area contributed by atoms with E-state index >= 15 is 8.78 Å². The molecule has 302 valence electrons. The molecule has 2 N–H and O–H groups in total. The van der Waals surface area contributed by atoms with Crippen LogP contribution in [0.3, 0.4) is 0 Å². The number of rotatable bonds is 5. The summed E-state index contributed by atoms with van der Waals surface area (Å²) in [4.78, 5) is 60.4. The smallest absolute Gasteiger partial charge is 0.425 e. The molecule has 1 unspecified atom stereocenters. The fraction of sp³-hybridized carbons (Fsp3) is 0.390. The van der Waals surface area contributed by atoms with Crippen LogP contribution in [0.2, 0.25) is 0 Å². The van der Waals surface area contributed by atoms with Gasteiger partial charge in [0.1, 0.15) is 28.9 Å². The topological polar surface area (TPSA) is 164 Å². The van der Waals surface area contributed by atoms with Gasteiger partial charge < -0.3 is 25.0 Å². The average Bonchev–Trinajstić information content (AvgIpc) is 3.96. The number of ether oxygens (including phenoxy) is 2. The SMILES string of the molecule is CN1Cc2cc(ccc2S(=O)(=O)C2CC2)NC(=O)CCc2cc(ccc2F)C(Nc2ccc3c(N(C(=O)OC(C)(C)C)C(=O)OC(C)(C)C)ncc(F)c3c2)C1=O. The minimum Gasteiger partial charge on any atom is -0.443 e. The average molecular weight is 806 g/mol. The van der Waals surface area contributed by atoms with Crippen molar-refractivity contribution in [3.63, 3.8) is 0 Å². The normalized spacial score (nSPS) is 16.7. The summed E-state index contributed by atoms with van der Waals surface area (Å²) >= 11 is 0. The highest BCUT2D eigenvalue weighted by Gasteiger charge is 2.39. The molecule has 3 aromatic carbocycles. The Morgan fingerprint density at radius 3 is 2.16 bits per heavy atom. The standard InChI is InChI=1S/C41H45F2N5O8S/c1-40(2,3)55-38(51)48(39(52)56-41(4,5)6)36-29-14-10-27(20-30(29)32(43)21-44-36)46-35-24-8-15-31(42)23(18-24)9-17-34(49)45-26-11-16-33(57(53,54)28-12-13-28)25(19-26)22-47(7)37(35)50/h8,10-11,14-16,18-21,28,35,46H,9,12-13,17,22H2,1-7H3,(H,45,49). The molecule has 2 heterocycles. The van der Waals surface area contributed by atoms with Crippen molar-refractivity contribution in [3.05, 3.63) is 89.1 Å². The molecule has 1 atom stereocenters. The van der Waals surface area contributed by atoms with E-state index in [2.05, 4.69) is 15.6 Å². The minimum atomic E-state index is -3.71. The van der Waals surface area contributed by atoms with Crippen molar-refractivity contribution in [3.8, 4) is 0 Å². The van der Waals surface area contributed by atoms with Crippen LogP contribution in [-0.4, -0.2) is 65.8 Å². The van der Waals surface area contributed by atoms with Crippen LogP contribution in [-0.2, 0) is 41.9 Å². The molecule has 1 aliphatic carbocycles. The Morgan fingerprint density at radius 2 is 1.53 bits per heavy atom. The van der Waals surface area contributed by atoms with Crippen LogP contribution >= 0.6 is 0 Å². The second-order valence-electron chi connectivity index (χ2n) is 16.2. The Kier molecular flexibility index (Phi) is 11.1. The molecule has 4 aromatic rings. The van der Waals surface area contributed by atoms with E-state index in [1.54, 1.807) is 41.5 Å². The van der Waals surface area contributed by atoms with Crippen LogP contribution in [0, 0.1) is 11.6 Å². The number of nitrogens with zero attached hydrogens (tertiary/aromatic N) is 3. The molecule has 0 saturated heterocycles. The van der Waals surface area contributed by atoms with Crippen LogP contribution in [0.15, 0.2) is 65.7 Å². The molecule has 4 amide bonds. The number of imide groups is 1. The number of likely N-dealkylation sites (N-methyl/N-ethyl adjacent to an activating group) is 1. The van der Waals surface area contributed by atoms with Gasteiger partial charge >= 0.3 is 12.2 Å². The molecule has 57 heavy (non-hydrogen) atoms. The number of sulfone groups is 1. The Balaban J connectivity index is 1.42. The number of hydrogen-bond donors (Lipinski definition) is 2. The molecule has 6 rings (SSSR count). The number of halogens is 2. The molecular weight excluding hydrogens is 761 g/mol. The Hall–Kier alpha value is -5.64. The lowest BCUT2D eigenvalue weighted by molar-refractivity contribution is -0.131. The van der Waals surface area contributed by atoms with Gasteiger partial charge in [0.15, 0.2) is 15.7 Å². The van der Waals surface area contributed by atoms with Crippen molar-refractivity contribution < 1.29 is 45.9 Å². The lowest BCUT2D eigenvalue weighted by Crippen LogP contribution is -2.44. The Labute approximate surface area is 329 Å². The van der Waals surface area contributed by atoms with E-state index in [1.807, 2.05) is 0 Å². The zero-order valence-electron chi connectivity index (χ0n) is 32.7. The number of hydrogen-bond acceptors (Lipinski definition) is 10. The number of benzene rings is 3. The highest BCUT2D eigenvalue weighted by molar-refractivity contribution is 7.92. The highest BCUT2D eigenvalue weighted by atomic mass is 32.2. The zero-order chi connectivity index (χ0) is 41.6. The molecule has 1 fully saturated rings. The third kappa shape index (κ3) is 9.33. The predicted molar refractivity (Wildman–Crippen MR) is 209 cm³/mol. The second kappa shape index (κ2) is 15.4. The molecule has 13 nitrogen and oxygen atoms in total. The van der Waals surface area contributed by atoms with Crippen molar-refractivity contribution in [1.82, 2.24) is 9.88 Å². The van der Waals surface area contributed by atoms with Gasteiger partial charge in [-0.05, 0) is 120 Å². The number of carbonyl (C=O) groups excluding carboxylic acids is 4. The number of carbonyl (C=O) groups is 4. The van der Waals surface area contributed by atoms with Gasteiger partial charge in [0, 0.05) is 42.2 Å². The molecule has 1 aromatic heterocycles. The first-order chi connectivity index (χ1) is 26.6. The number of aromatic nitrogens is 1. The molecular formula is C41H45F2N5O8S. The summed E-state index contributed by atoms with van der Waals surface area (Å²) in [6, 6.07) is 11.6. The minimum absolute atomic E-state index is 0.00792. The van der Waals surface area contributed by atoms with Gasteiger partial charge in [-0.3, -0.25) is 9.59 Å². The number of fused-ring (bicyclic) bond motifs is 5. The van der Waals surface area contributed by atoms with Gasteiger partial charge in [0.2, 0.25) is 11.8 Å². The molecule has 4 bridgehead atoms. The zero-order valence-corrected chi connectivity index (χ0v) is 33.6. The summed E-state index contributed by atoms with van der Waals surface area (Å²) in [6.07, 6.45) is -0.421. The maximum absolute atomic E-state index is 15.7. The Morgan fingerprint density at radius 1 is 0.860 bits per heavy atom. The van der Waals surface area contributed by atoms with E-state index in [4.69, 9.17) is 9.47 Å².